The van der Waals surface area contributed by atoms with Crippen molar-refractivity contribution >= 4 is 113 Å². The number of phenolic OH excluding ortho intramolecular Hbond substituents is 1. The van der Waals surface area contributed by atoms with Crippen molar-refractivity contribution in [3.05, 3.63) is 65.7 Å². The molecule has 7 rings (SSSR count). The molecule has 5 heterocycles. The SMILES string of the molecule is CC(C)C[C@H](N)C(=O)O.CC(C)C[C@H](N)C(=O)O.CC(C)[C@H](N)C(=O)O.CC[C@H](C)[C@H](N)C(=O)O.NC(=O)CC[C@H](N)C(=O)O.NC(=O)C[C@H](N)C(=O)O.NC(=O)C[C@H](N)C(=O)O.NCC(=O)O.N[C@@H](CO)C(=O)O.N[C@@H](Cc1ccc(O)cc1)C(=O)O.N[C@@H](Cc1ccccc1)C(=O)O.O=C(O)[C@@H]1CCCN1.O=C(O)[C@@H]1CCCN1.O=C(O)[C@@H]1CCCN1.O=C(O)[C@@H]1CCCN1.O=C(O)[C@@H]1CCCN1. The molecule has 0 spiro atoms. The molecule has 5 aliphatic rings. The number of carbonyl (C=O) groups is 19. The van der Waals surface area contributed by atoms with E-state index in [0.29, 0.717) is 31.1 Å². The Bertz CT molecular complexity index is 3620. The van der Waals surface area contributed by atoms with Crippen molar-refractivity contribution in [3.63, 3.8) is 0 Å². The lowest BCUT2D eigenvalue weighted by atomic mass is 10.0. The van der Waals surface area contributed by atoms with Crippen molar-refractivity contribution in [1.82, 2.24) is 26.6 Å². The van der Waals surface area contributed by atoms with E-state index in [0.717, 1.165) is 114 Å². The molecule has 5 saturated heterocycles. The minimum Gasteiger partial charge on any atom is -0.508 e. The first-order valence-electron chi connectivity index (χ1n) is 43.4. The number of carboxylic acids is 16. The van der Waals surface area contributed by atoms with Gasteiger partial charge in [0, 0.05) is 6.42 Å². The molecule has 5 aliphatic heterocycles. The van der Waals surface area contributed by atoms with Crippen molar-refractivity contribution in [1.29, 1.82) is 0 Å². The van der Waals surface area contributed by atoms with Crippen LogP contribution < -0.4 is 107 Å². The molecule has 0 aliphatic carbocycles. The highest BCUT2D eigenvalue weighted by Gasteiger charge is 2.26. The van der Waals surface area contributed by atoms with Gasteiger partial charge < -0.3 is 199 Å². The fourth-order valence-corrected chi connectivity index (χ4v) is 9.51. The van der Waals surface area contributed by atoms with Crippen molar-refractivity contribution in [2.24, 2.45) is 104 Å². The third-order valence-corrected chi connectivity index (χ3v) is 17.9. The molecular weight excluding hydrogens is 1870 g/mol. The van der Waals surface area contributed by atoms with Crippen LogP contribution in [-0.2, 0) is 104 Å². The Labute approximate surface area is 809 Å². The van der Waals surface area contributed by atoms with Crippen molar-refractivity contribution in [2.75, 3.05) is 45.9 Å². The summed E-state index contributed by atoms with van der Waals surface area (Å²) in [6, 6.07) is 5.40. The minimum atomic E-state index is -1.21. The van der Waals surface area contributed by atoms with Gasteiger partial charge in [0.2, 0.25) is 17.7 Å². The monoisotopic (exact) mass is 2020 g/mol. The average Bonchev–Trinajstić information content (AvgIpc) is 1.26. The van der Waals surface area contributed by atoms with E-state index >= 15 is 0 Å². The number of carbonyl (C=O) groups excluding carboxylic acids is 3. The molecule has 2 aromatic rings. The van der Waals surface area contributed by atoms with Crippen LogP contribution in [-0.4, -0.2) is 342 Å². The molecule has 2 aromatic carbocycles. The largest absolute Gasteiger partial charge is 0.508 e. The minimum absolute atomic E-state index is 0.0208. The predicted molar refractivity (Wildman–Crippen MR) is 504 cm³/mol. The second-order valence-corrected chi connectivity index (χ2v) is 31.8. The number of aromatic hydroxyl groups is 1. The fourth-order valence-electron chi connectivity index (χ4n) is 9.51. The number of aliphatic hydroxyl groups is 1. The number of primary amides is 3. The van der Waals surface area contributed by atoms with Gasteiger partial charge >= 0.3 is 95.5 Å². The molecule has 0 radical (unpaired) electrons. The molecule has 0 unspecified atom stereocenters. The number of carboxylic acid groups (broad SMARTS) is 16. The van der Waals surface area contributed by atoms with Gasteiger partial charge in [-0.3, -0.25) is 91.1 Å². The summed E-state index contributed by atoms with van der Waals surface area (Å²) >= 11 is 0. The summed E-state index contributed by atoms with van der Waals surface area (Å²) in [4.78, 5) is 191. The van der Waals surface area contributed by atoms with Crippen LogP contribution >= 0.6 is 0 Å². The molecule has 0 bridgehead atoms. The topological polar surface area (TPSA) is 1110 Å². The first-order chi connectivity index (χ1) is 64.6. The average molecular weight is 2020 g/mol. The van der Waals surface area contributed by atoms with Gasteiger partial charge in [-0.1, -0.05) is 104 Å². The standard InChI is InChI=1S/C9H11NO3.C9H11NO2.3C6H13NO2.C5H10N2O3.5C5H9NO2.C5H11NO2.2C4H8N2O3.C3H7NO3.C2H5NO2/c10-8(9(12)13)5-6-1-3-7(11)4-2-6;10-8(9(11)12)6-7-4-2-1-3-5-7;2*1-4(2)3-5(7)6(8)9;1-3-4(2)5(7)6(8)9;6-3(5(9)10)1-2-4(7)8;5*7-5(8)4-2-1-3-6-4;1-3(2)4(6)5(7)8;2*5-2(4(8)9)1-3(6)7;4-2(1-5)3(6)7;3-1-2(4)5/h1-4,8,11H,5,10H2,(H,12,13);1-5,8H,6,10H2,(H,11,12);3*4-5H,3,7H2,1-2H3,(H,8,9);3H,1-2,6H2,(H2,7,8)(H,9,10);5*4,6H,1-3H2,(H,7,8);3-4H,6H2,1-2H3,(H,7,8);2*2H,1,5H2,(H2,6,7)(H,8,9);2,5H,1,4H2,(H,6,7);1,3H2,(H,4,5)/t2*8-;2*5-;4-,5-;3-;6*4-;3*2-;/m000000000000000./s1. The molecule has 0 aromatic heterocycles. The highest BCUT2D eigenvalue weighted by atomic mass is 16.4. The zero-order chi connectivity index (χ0) is 111. The number of amides is 3. The van der Waals surface area contributed by atoms with Gasteiger partial charge in [-0.25, -0.2) is 0 Å². The van der Waals surface area contributed by atoms with Crippen molar-refractivity contribution in [2.45, 2.75) is 268 Å². The van der Waals surface area contributed by atoms with E-state index in [1.54, 1.807) is 26.0 Å². The van der Waals surface area contributed by atoms with Gasteiger partial charge in [0.05, 0.1) is 26.0 Å². The number of hydrogen-bond donors (Lipinski definition) is 37. The summed E-state index contributed by atoms with van der Waals surface area (Å²) in [5.74, 6) is -15.9. The van der Waals surface area contributed by atoms with Crippen LogP contribution in [0.1, 0.15) is 176 Å². The lowest BCUT2D eigenvalue weighted by Gasteiger charge is -2.11. The van der Waals surface area contributed by atoms with Gasteiger partial charge in [0.25, 0.3) is 0 Å². The van der Waals surface area contributed by atoms with Gasteiger partial charge in [-0.15, -0.1) is 0 Å². The molecule has 140 heavy (non-hydrogen) atoms. The number of nitrogens with two attached hydrogens (primary N) is 14. The Hall–Kier alpha value is -12.5. The van der Waals surface area contributed by atoms with Crippen LogP contribution in [0.15, 0.2) is 54.6 Å². The van der Waals surface area contributed by atoms with Crippen LogP contribution in [0.5, 0.6) is 5.75 Å². The Balaban J connectivity index is -0.000000187. The summed E-state index contributed by atoms with van der Waals surface area (Å²) in [6.45, 7) is 18.6. The second kappa shape index (κ2) is 88.0. The smallest absolute Gasteiger partial charge is 0.322 e. The number of nitrogens with one attached hydrogen (secondary N) is 5. The third-order valence-electron chi connectivity index (χ3n) is 17.9. The zero-order valence-corrected chi connectivity index (χ0v) is 79.9. The van der Waals surface area contributed by atoms with E-state index in [9.17, 15) is 91.1 Å². The van der Waals surface area contributed by atoms with E-state index in [1.807, 2.05) is 71.9 Å². The molecule has 5 fully saturated rings. The molecule has 56 nitrogen and oxygen atoms in total. The Morgan fingerprint density at radius 1 is 0.336 bits per heavy atom. The number of hydrogen-bond acceptors (Lipinski definition) is 37. The summed E-state index contributed by atoms with van der Waals surface area (Å²) in [5.41, 5.74) is 71.6. The van der Waals surface area contributed by atoms with Gasteiger partial charge in [-0.05, 0) is 176 Å². The first-order valence-corrected chi connectivity index (χ1v) is 43.4. The molecular formula is C84H155N19O37. The third kappa shape index (κ3) is 94.5. The van der Waals surface area contributed by atoms with Gasteiger partial charge in [-0.2, -0.15) is 0 Å². The quantitative estimate of drug-likeness (QED) is 0.0306. The van der Waals surface area contributed by atoms with Crippen LogP contribution in [0.25, 0.3) is 0 Å². The maximum Gasteiger partial charge on any atom is 0.322 e. The number of aliphatic carboxylic acids is 16. The number of rotatable bonds is 35. The molecule has 0 saturated carbocycles. The molecule has 56 heteroatoms. The number of benzene rings is 2. The first kappa shape index (κ1) is 145. The van der Waals surface area contributed by atoms with E-state index in [4.69, 9.17) is 155 Å². The van der Waals surface area contributed by atoms with Crippen LogP contribution in [0.3, 0.4) is 0 Å². The highest BCUT2D eigenvalue weighted by Crippen LogP contribution is 2.13. The summed E-state index contributed by atoms with van der Waals surface area (Å²) in [7, 11) is 0. The molecule has 16 atom stereocenters. The predicted octanol–water partition coefficient (Wildman–Crippen LogP) is -5.88. The Morgan fingerprint density at radius 2 is 0.586 bits per heavy atom. The van der Waals surface area contributed by atoms with Gasteiger partial charge in [0.1, 0.15) is 96.4 Å². The van der Waals surface area contributed by atoms with Crippen LogP contribution in [0, 0.1) is 23.7 Å². The Kier molecular flexibility index (Phi) is 91.3. The lowest BCUT2D eigenvalue weighted by Crippen LogP contribution is -2.36. The summed E-state index contributed by atoms with van der Waals surface area (Å²) < 4.78 is 0. The van der Waals surface area contributed by atoms with E-state index in [2.05, 4.69) is 43.8 Å². The lowest BCUT2D eigenvalue weighted by molar-refractivity contribution is -0.140. The summed E-state index contributed by atoms with van der Waals surface area (Å²) in [5, 5.41) is 163. The van der Waals surface area contributed by atoms with Crippen LogP contribution in [0.4, 0.5) is 0 Å². The molecule has 808 valence electrons. The van der Waals surface area contributed by atoms with E-state index in [1.165, 1.54) is 12.1 Å². The highest BCUT2D eigenvalue weighted by molar-refractivity contribution is 5.84. The van der Waals surface area contributed by atoms with Gasteiger partial charge in [0.15, 0.2) is 0 Å². The molecule has 51 N–H and O–H groups in total. The van der Waals surface area contributed by atoms with E-state index < -0.39 is 180 Å². The fraction of sp³-hybridized carbons (Fsp3) is 0.631. The number of phenols is 1. The zero-order valence-electron chi connectivity index (χ0n) is 79.9. The maximum atomic E-state index is 10.4. The van der Waals surface area contributed by atoms with Crippen molar-refractivity contribution in [3.8, 4) is 5.75 Å². The maximum absolute atomic E-state index is 10.4. The molecule has 3 amide bonds. The van der Waals surface area contributed by atoms with E-state index in [-0.39, 0.29) is 86.4 Å². The Morgan fingerprint density at radius 3 is 0.714 bits per heavy atom. The van der Waals surface area contributed by atoms with Crippen molar-refractivity contribution < 1.29 is 183 Å². The number of aliphatic hydroxyl groups excluding tert-OH is 1. The second-order valence-electron chi connectivity index (χ2n) is 31.8. The summed E-state index contributed by atoms with van der Waals surface area (Å²) in [6.07, 6.45) is 11.0. The normalized spacial score (nSPS) is 17.4. The van der Waals surface area contributed by atoms with Crippen LogP contribution in [0.2, 0.25) is 0 Å².